The third kappa shape index (κ3) is 2.54. The Hall–Kier alpha value is -2.59. The van der Waals surface area contributed by atoms with E-state index < -0.39 is 23.3 Å². The number of phenols is 1. The van der Waals surface area contributed by atoms with Crippen LogP contribution in [0.5, 0.6) is 10.9 Å². The number of aromatic nitrogens is 4. The SMILES string of the molecule is Cc1ccn(-c2ccc(-c3nnc(OC4CC5N(C)CC6(C4)C(F)C56F)s3)c(O)c2)n1. The molecule has 5 atom stereocenters. The van der Waals surface area contributed by atoms with Crippen molar-refractivity contribution in [2.24, 2.45) is 5.41 Å². The van der Waals surface area contributed by atoms with Gasteiger partial charge in [-0.15, -0.1) is 5.10 Å². The first-order valence-electron chi connectivity index (χ1n) is 10.2. The van der Waals surface area contributed by atoms with Crippen molar-refractivity contribution in [3.05, 3.63) is 36.2 Å². The number of rotatable bonds is 4. The van der Waals surface area contributed by atoms with Crippen molar-refractivity contribution in [2.75, 3.05) is 13.6 Å². The van der Waals surface area contributed by atoms with Gasteiger partial charge in [0.1, 0.15) is 18.0 Å². The molecule has 1 aliphatic heterocycles. The molecule has 3 aliphatic rings. The van der Waals surface area contributed by atoms with Crippen LogP contribution in [0.2, 0.25) is 0 Å². The molecule has 2 bridgehead atoms. The van der Waals surface area contributed by atoms with Gasteiger partial charge in [0.05, 0.1) is 28.4 Å². The monoisotopic (exact) mass is 445 g/mol. The molecule has 10 heteroatoms. The number of hydrogen-bond donors (Lipinski definition) is 1. The zero-order chi connectivity index (χ0) is 21.5. The van der Waals surface area contributed by atoms with Crippen LogP contribution in [0.25, 0.3) is 16.3 Å². The average molecular weight is 445 g/mol. The minimum Gasteiger partial charge on any atom is -0.507 e. The highest BCUT2D eigenvalue weighted by Crippen LogP contribution is 2.73. The number of piperidine rings is 1. The van der Waals surface area contributed by atoms with Crippen LogP contribution in [0.3, 0.4) is 0 Å². The second kappa shape index (κ2) is 6.23. The fourth-order valence-electron chi connectivity index (χ4n) is 5.52. The highest BCUT2D eigenvalue weighted by Gasteiger charge is 2.88. The topological polar surface area (TPSA) is 76.3 Å². The van der Waals surface area contributed by atoms with E-state index in [0.717, 1.165) is 11.4 Å². The molecule has 3 heterocycles. The molecule has 2 aliphatic carbocycles. The Balaban J connectivity index is 1.20. The summed E-state index contributed by atoms with van der Waals surface area (Å²) < 4.78 is 37.1. The molecule has 1 saturated heterocycles. The quantitative estimate of drug-likeness (QED) is 0.664. The van der Waals surface area contributed by atoms with Gasteiger partial charge in [-0.2, -0.15) is 5.10 Å². The molecule has 3 aromatic rings. The van der Waals surface area contributed by atoms with Crippen molar-refractivity contribution in [1.29, 1.82) is 0 Å². The Labute approximate surface area is 181 Å². The summed E-state index contributed by atoms with van der Waals surface area (Å²) in [5.74, 6) is 0.0602. The lowest BCUT2D eigenvalue weighted by Crippen LogP contribution is -2.42. The molecule has 6 rings (SSSR count). The van der Waals surface area contributed by atoms with Crippen LogP contribution in [0.15, 0.2) is 30.5 Å². The molecule has 1 N–H and O–H groups in total. The van der Waals surface area contributed by atoms with E-state index in [1.165, 1.54) is 11.3 Å². The minimum atomic E-state index is -1.73. The van der Waals surface area contributed by atoms with Gasteiger partial charge in [0.15, 0.2) is 10.7 Å². The van der Waals surface area contributed by atoms with Gasteiger partial charge in [0.2, 0.25) is 0 Å². The van der Waals surface area contributed by atoms with Crippen LogP contribution in [-0.2, 0) is 0 Å². The van der Waals surface area contributed by atoms with E-state index >= 15 is 4.39 Å². The normalized spacial score (nSPS) is 34.0. The Morgan fingerprint density at radius 2 is 2.13 bits per heavy atom. The lowest BCUT2D eigenvalue weighted by Gasteiger charge is -2.30. The van der Waals surface area contributed by atoms with Crippen molar-refractivity contribution in [3.8, 4) is 27.2 Å². The second-order valence-corrected chi connectivity index (χ2v) is 9.81. The first-order valence-corrected chi connectivity index (χ1v) is 11.0. The van der Waals surface area contributed by atoms with Gasteiger partial charge in [-0.1, -0.05) is 16.4 Å². The zero-order valence-electron chi connectivity index (χ0n) is 17.0. The summed E-state index contributed by atoms with van der Waals surface area (Å²) >= 11 is 1.21. The van der Waals surface area contributed by atoms with E-state index in [1.54, 1.807) is 16.8 Å². The molecule has 3 fully saturated rings. The van der Waals surface area contributed by atoms with Gasteiger partial charge in [-0.3, -0.25) is 4.90 Å². The fraction of sp³-hybridized carbons (Fsp3) is 0.476. The molecule has 31 heavy (non-hydrogen) atoms. The van der Waals surface area contributed by atoms with Gasteiger partial charge in [-0.25, -0.2) is 13.5 Å². The fourth-order valence-corrected chi connectivity index (χ4v) is 6.32. The van der Waals surface area contributed by atoms with Crippen molar-refractivity contribution in [3.63, 3.8) is 0 Å². The number of alkyl halides is 2. The zero-order valence-corrected chi connectivity index (χ0v) is 17.8. The summed E-state index contributed by atoms with van der Waals surface area (Å²) in [5, 5.41) is 23.9. The number of benzene rings is 1. The molecule has 5 unspecified atom stereocenters. The van der Waals surface area contributed by atoms with E-state index in [-0.39, 0.29) is 11.9 Å². The maximum Gasteiger partial charge on any atom is 0.294 e. The number of ether oxygens (including phenoxy) is 1. The Morgan fingerprint density at radius 1 is 1.29 bits per heavy atom. The lowest BCUT2D eigenvalue weighted by molar-refractivity contribution is 0.0597. The highest BCUT2D eigenvalue weighted by atomic mass is 32.1. The number of halogens is 2. The van der Waals surface area contributed by atoms with E-state index in [1.807, 2.05) is 37.2 Å². The first kappa shape index (κ1) is 19.1. The Kier molecular flexibility index (Phi) is 3.84. The molecule has 2 aromatic heterocycles. The number of aromatic hydroxyl groups is 1. The minimum absolute atomic E-state index is 0.0602. The van der Waals surface area contributed by atoms with Gasteiger partial charge in [0, 0.05) is 25.2 Å². The van der Waals surface area contributed by atoms with E-state index in [9.17, 15) is 9.50 Å². The van der Waals surface area contributed by atoms with Crippen LogP contribution in [0.4, 0.5) is 8.78 Å². The standard InChI is InChI=1S/C21H21F2N5O2S/c1-11-5-6-28(26-11)12-3-4-14(15(29)7-12)17-24-25-19(31-17)30-13-8-16-21(23)18(22)20(21,9-13)10-27(16)2/h3-7,13,16,18,29H,8-10H2,1-2H3. The van der Waals surface area contributed by atoms with Crippen molar-refractivity contribution < 1.29 is 18.6 Å². The summed E-state index contributed by atoms with van der Waals surface area (Å²) in [7, 11) is 1.84. The molecular weight excluding hydrogens is 424 g/mol. The largest absolute Gasteiger partial charge is 0.507 e. The number of likely N-dealkylation sites (tertiary alicyclic amines) is 1. The third-order valence-corrected chi connectivity index (χ3v) is 7.88. The molecule has 2 saturated carbocycles. The van der Waals surface area contributed by atoms with Crippen molar-refractivity contribution in [1.82, 2.24) is 24.9 Å². The van der Waals surface area contributed by atoms with Gasteiger partial charge < -0.3 is 9.84 Å². The average Bonchev–Trinajstić information content (AvgIpc) is 3.18. The molecular formula is C21H21F2N5O2S. The summed E-state index contributed by atoms with van der Waals surface area (Å²) in [6, 6.07) is 6.64. The molecule has 0 radical (unpaired) electrons. The maximum atomic E-state index is 15.0. The molecule has 7 nitrogen and oxygen atoms in total. The van der Waals surface area contributed by atoms with Crippen LogP contribution < -0.4 is 4.74 Å². The number of hydrogen-bond acceptors (Lipinski definition) is 7. The second-order valence-electron chi connectivity index (χ2n) is 8.87. The van der Waals surface area contributed by atoms with Crippen LogP contribution in [0, 0.1) is 12.3 Å². The van der Waals surface area contributed by atoms with Crippen LogP contribution >= 0.6 is 11.3 Å². The maximum absolute atomic E-state index is 15.0. The number of phenolic OH excluding ortho intramolecular Hbond substituents is 1. The molecule has 1 aromatic carbocycles. The summed E-state index contributed by atoms with van der Waals surface area (Å²) in [6.45, 7) is 2.32. The van der Waals surface area contributed by atoms with Crippen molar-refractivity contribution >= 4 is 11.3 Å². The van der Waals surface area contributed by atoms with Crippen LogP contribution in [0.1, 0.15) is 18.5 Å². The number of aryl methyl sites for hydroxylation is 1. The van der Waals surface area contributed by atoms with E-state index in [2.05, 4.69) is 15.3 Å². The first-order chi connectivity index (χ1) is 14.8. The van der Waals surface area contributed by atoms with Gasteiger partial charge in [0.25, 0.3) is 5.19 Å². The van der Waals surface area contributed by atoms with Crippen molar-refractivity contribution in [2.45, 2.75) is 43.8 Å². The van der Waals surface area contributed by atoms with Gasteiger partial charge in [-0.05, 0) is 38.6 Å². The summed E-state index contributed by atoms with van der Waals surface area (Å²) in [5.41, 5.74) is -0.519. The summed E-state index contributed by atoms with van der Waals surface area (Å²) in [6.07, 6.45) is 0.869. The van der Waals surface area contributed by atoms with E-state index in [4.69, 9.17) is 4.74 Å². The highest BCUT2D eigenvalue weighted by molar-refractivity contribution is 7.16. The third-order valence-electron chi connectivity index (χ3n) is 7.03. The summed E-state index contributed by atoms with van der Waals surface area (Å²) in [4.78, 5) is 1.91. The Morgan fingerprint density at radius 3 is 2.84 bits per heavy atom. The predicted molar refractivity (Wildman–Crippen MR) is 110 cm³/mol. The molecule has 0 amide bonds. The Bertz CT molecular complexity index is 1180. The van der Waals surface area contributed by atoms with Crippen LogP contribution in [-0.4, -0.2) is 67.6 Å². The molecule has 0 spiro atoms. The van der Waals surface area contributed by atoms with Gasteiger partial charge >= 0.3 is 0 Å². The smallest absolute Gasteiger partial charge is 0.294 e. The predicted octanol–water partition coefficient (Wildman–Crippen LogP) is 3.31. The lowest BCUT2D eigenvalue weighted by atomic mass is 9.86. The molecule has 162 valence electrons. The van der Waals surface area contributed by atoms with E-state index in [0.29, 0.717) is 35.2 Å². The number of nitrogens with zero attached hydrogens (tertiary/aromatic N) is 5.